The first-order valence-electron chi connectivity index (χ1n) is 4.69. The Balaban J connectivity index is 2.16. The number of rotatable bonds is 1. The van der Waals surface area contributed by atoms with E-state index in [-0.39, 0.29) is 5.91 Å². The molecule has 0 aromatic carbocycles. The molecule has 2 rings (SSSR count). The molecule has 4 heteroatoms. The Morgan fingerprint density at radius 2 is 2.43 bits per heavy atom. The molecule has 0 aliphatic carbocycles. The number of hydrogen-bond acceptors (Lipinski definition) is 3. The predicted molar refractivity (Wildman–Crippen MR) is 50.5 cm³/mol. The van der Waals surface area contributed by atoms with Gasteiger partial charge in [0, 0.05) is 12.7 Å². The number of nitrogens with zero attached hydrogens (tertiary/aromatic N) is 2. The second-order valence-corrected chi connectivity index (χ2v) is 3.34. The van der Waals surface area contributed by atoms with Crippen molar-refractivity contribution in [3.05, 3.63) is 30.1 Å². The van der Waals surface area contributed by atoms with Crippen molar-refractivity contribution in [1.82, 2.24) is 9.88 Å². The molecule has 1 aliphatic rings. The van der Waals surface area contributed by atoms with Gasteiger partial charge < -0.3 is 10.0 Å². The first kappa shape index (κ1) is 9.15. The van der Waals surface area contributed by atoms with E-state index >= 15 is 0 Å². The van der Waals surface area contributed by atoms with Gasteiger partial charge in [-0.05, 0) is 25.0 Å². The van der Waals surface area contributed by atoms with Crippen LogP contribution < -0.4 is 0 Å². The number of carbonyl (C=O) groups is 1. The maximum Gasteiger partial charge on any atom is 0.274 e. The predicted octanol–water partition coefficient (Wildman–Crippen LogP) is 0.636. The average molecular weight is 192 g/mol. The molecule has 1 atom stereocenters. The smallest absolute Gasteiger partial charge is 0.274 e. The fourth-order valence-electron chi connectivity index (χ4n) is 1.62. The van der Waals surface area contributed by atoms with Gasteiger partial charge in [0.2, 0.25) is 0 Å². The third kappa shape index (κ3) is 1.61. The molecule has 2 heterocycles. The summed E-state index contributed by atoms with van der Waals surface area (Å²) in [5.41, 5.74) is 0.397. The lowest BCUT2D eigenvalue weighted by atomic mass is 10.3. The summed E-state index contributed by atoms with van der Waals surface area (Å²) in [6.45, 7) is 0.622. The highest BCUT2D eigenvalue weighted by atomic mass is 16.3. The van der Waals surface area contributed by atoms with Crippen molar-refractivity contribution in [2.24, 2.45) is 0 Å². The molecule has 1 N–H and O–H groups in total. The van der Waals surface area contributed by atoms with Crippen LogP contribution in [0, 0.1) is 0 Å². The Hall–Kier alpha value is -1.42. The minimum Gasteiger partial charge on any atom is -0.374 e. The third-order valence-corrected chi connectivity index (χ3v) is 2.37. The molecule has 0 spiro atoms. The Labute approximate surface area is 82.2 Å². The highest BCUT2D eigenvalue weighted by Gasteiger charge is 2.27. The van der Waals surface area contributed by atoms with E-state index in [1.807, 2.05) is 0 Å². The van der Waals surface area contributed by atoms with Gasteiger partial charge >= 0.3 is 0 Å². The monoisotopic (exact) mass is 192 g/mol. The molecule has 74 valence electrons. The maximum absolute atomic E-state index is 11.8. The number of carbonyl (C=O) groups excluding carboxylic acids is 1. The Kier molecular flexibility index (Phi) is 2.45. The van der Waals surface area contributed by atoms with E-state index in [1.54, 1.807) is 24.4 Å². The Morgan fingerprint density at radius 1 is 1.57 bits per heavy atom. The third-order valence-electron chi connectivity index (χ3n) is 2.37. The molecule has 0 saturated carbocycles. The van der Waals surface area contributed by atoms with Gasteiger partial charge in [-0.25, -0.2) is 0 Å². The van der Waals surface area contributed by atoms with Crippen LogP contribution in [0.3, 0.4) is 0 Å². The molecule has 0 bridgehead atoms. The second-order valence-electron chi connectivity index (χ2n) is 3.34. The van der Waals surface area contributed by atoms with E-state index in [0.29, 0.717) is 18.7 Å². The van der Waals surface area contributed by atoms with Crippen LogP contribution in [-0.4, -0.2) is 33.7 Å². The van der Waals surface area contributed by atoms with Crippen LogP contribution in [-0.2, 0) is 0 Å². The van der Waals surface area contributed by atoms with E-state index in [2.05, 4.69) is 4.98 Å². The zero-order valence-electron chi connectivity index (χ0n) is 7.76. The van der Waals surface area contributed by atoms with Crippen LogP contribution >= 0.6 is 0 Å². The van der Waals surface area contributed by atoms with Crippen LogP contribution in [0.15, 0.2) is 24.4 Å². The summed E-state index contributed by atoms with van der Waals surface area (Å²) in [6.07, 6.45) is 2.47. The van der Waals surface area contributed by atoms with E-state index < -0.39 is 6.23 Å². The zero-order chi connectivity index (χ0) is 9.97. The Bertz CT molecular complexity index is 326. The molecule has 1 aliphatic heterocycles. The average Bonchev–Trinajstić information content (AvgIpc) is 2.65. The fraction of sp³-hybridized carbons (Fsp3) is 0.400. The van der Waals surface area contributed by atoms with Crippen molar-refractivity contribution in [3.63, 3.8) is 0 Å². The minimum atomic E-state index is -0.635. The second kappa shape index (κ2) is 3.75. The summed E-state index contributed by atoms with van der Waals surface area (Å²) in [4.78, 5) is 17.2. The van der Waals surface area contributed by atoms with Crippen LogP contribution in [0.1, 0.15) is 23.3 Å². The lowest BCUT2D eigenvalue weighted by Crippen LogP contribution is -2.35. The quantitative estimate of drug-likeness (QED) is 0.710. The van der Waals surface area contributed by atoms with Gasteiger partial charge in [0.05, 0.1) is 0 Å². The molecule has 14 heavy (non-hydrogen) atoms. The summed E-state index contributed by atoms with van der Waals surface area (Å²) >= 11 is 0. The molecular formula is C10H12N2O2. The van der Waals surface area contributed by atoms with E-state index in [4.69, 9.17) is 0 Å². The summed E-state index contributed by atoms with van der Waals surface area (Å²) in [5.74, 6) is -0.185. The number of aliphatic hydroxyl groups excluding tert-OH is 1. The highest BCUT2D eigenvalue weighted by molar-refractivity contribution is 5.92. The minimum absolute atomic E-state index is 0.185. The number of hydrogen-bond donors (Lipinski definition) is 1. The van der Waals surface area contributed by atoms with Gasteiger partial charge in [-0.3, -0.25) is 9.78 Å². The molecule has 1 unspecified atom stereocenters. The van der Waals surface area contributed by atoms with Crippen molar-refractivity contribution < 1.29 is 9.90 Å². The highest BCUT2D eigenvalue weighted by Crippen LogP contribution is 2.16. The van der Waals surface area contributed by atoms with Gasteiger partial charge in [0.15, 0.2) is 0 Å². The molecule has 1 fully saturated rings. The SMILES string of the molecule is O=C(c1ccccn1)N1CCCC1O. The molecule has 1 aromatic rings. The first-order chi connectivity index (χ1) is 6.79. The van der Waals surface area contributed by atoms with Gasteiger partial charge in [0.25, 0.3) is 5.91 Å². The maximum atomic E-state index is 11.8. The van der Waals surface area contributed by atoms with Gasteiger partial charge in [-0.15, -0.1) is 0 Å². The van der Waals surface area contributed by atoms with Crippen molar-refractivity contribution >= 4 is 5.91 Å². The standard InChI is InChI=1S/C10H12N2O2/c13-9-5-3-7-12(9)10(14)8-4-1-2-6-11-8/h1-2,4,6,9,13H,3,5,7H2. The molecule has 0 radical (unpaired) electrons. The molecule has 4 nitrogen and oxygen atoms in total. The normalized spacial score (nSPS) is 21.2. The molecule has 1 amide bonds. The lowest BCUT2D eigenvalue weighted by molar-refractivity contribution is 0.0288. The van der Waals surface area contributed by atoms with Crippen LogP contribution in [0.25, 0.3) is 0 Å². The lowest BCUT2D eigenvalue weighted by Gasteiger charge is -2.19. The number of aliphatic hydroxyl groups is 1. The topological polar surface area (TPSA) is 53.4 Å². The number of pyridine rings is 1. The van der Waals surface area contributed by atoms with E-state index in [0.717, 1.165) is 6.42 Å². The number of aromatic nitrogens is 1. The first-order valence-corrected chi connectivity index (χ1v) is 4.69. The van der Waals surface area contributed by atoms with Gasteiger partial charge in [-0.1, -0.05) is 6.07 Å². The van der Waals surface area contributed by atoms with Gasteiger partial charge in [0.1, 0.15) is 11.9 Å². The largest absolute Gasteiger partial charge is 0.374 e. The molecule has 1 saturated heterocycles. The van der Waals surface area contributed by atoms with Crippen LogP contribution in [0.2, 0.25) is 0 Å². The Morgan fingerprint density at radius 3 is 3.00 bits per heavy atom. The summed E-state index contributed by atoms with van der Waals surface area (Å²) in [6, 6.07) is 5.19. The summed E-state index contributed by atoms with van der Waals surface area (Å²) < 4.78 is 0. The summed E-state index contributed by atoms with van der Waals surface area (Å²) in [5, 5.41) is 9.50. The van der Waals surface area contributed by atoms with Crippen molar-refractivity contribution in [1.29, 1.82) is 0 Å². The van der Waals surface area contributed by atoms with Crippen molar-refractivity contribution in [2.45, 2.75) is 19.1 Å². The van der Waals surface area contributed by atoms with E-state index in [1.165, 1.54) is 4.90 Å². The molecule has 1 aromatic heterocycles. The zero-order valence-corrected chi connectivity index (χ0v) is 7.76. The van der Waals surface area contributed by atoms with Gasteiger partial charge in [-0.2, -0.15) is 0 Å². The molecular weight excluding hydrogens is 180 g/mol. The van der Waals surface area contributed by atoms with Crippen LogP contribution in [0.4, 0.5) is 0 Å². The van der Waals surface area contributed by atoms with Crippen LogP contribution in [0.5, 0.6) is 0 Å². The summed E-state index contributed by atoms with van der Waals surface area (Å²) in [7, 11) is 0. The number of amides is 1. The van der Waals surface area contributed by atoms with Crippen molar-refractivity contribution in [3.8, 4) is 0 Å². The fourth-order valence-corrected chi connectivity index (χ4v) is 1.62. The number of likely N-dealkylation sites (tertiary alicyclic amines) is 1. The van der Waals surface area contributed by atoms with Crippen molar-refractivity contribution in [2.75, 3.05) is 6.54 Å². The van der Waals surface area contributed by atoms with E-state index in [9.17, 15) is 9.90 Å².